The highest BCUT2D eigenvalue weighted by Gasteiger charge is 2.14. The molecule has 0 unspecified atom stereocenters. The van der Waals surface area contributed by atoms with E-state index in [0.29, 0.717) is 25.4 Å². The van der Waals surface area contributed by atoms with Gasteiger partial charge in [-0.25, -0.2) is 9.59 Å². The summed E-state index contributed by atoms with van der Waals surface area (Å²) in [5.41, 5.74) is 4.61. The fourth-order valence-electron chi connectivity index (χ4n) is 2.82. The molecule has 1 atom stereocenters. The minimum atomic E-state index is -0.974. The number of ether oxygens (including phenoxy) is 2. The van der Waals surface area contributed by atoms with Gasteiger partial charge in [-0.2, -0.15) is 0 Å². The topological polar surface area (TPSA) is 96.9 Å². The molecule has 0 amide bonds. The molecule has 156 valence electrons. The summed E-state index contributed by atoms with van der Waals surface area (Å²) in [5.74, 6) is -1.34. The number of carbonyl (C=O) groups is 2. The standard InChI is InChI=1S/C22H28N2O5/c1-5-28-22(27)16(4)29-13-12-23-18-10-11-19(15(3)14(18)2)24-20-9-7-6-8-17(20)21(25)26/h6-11,16,23-24H,5,12-13H2,1-4H3,(H,25,26)/t16-/m0/s1. The zero-order valence-corrected chi connectivity index (χ0v) is 17.2. The Morgan fingerprint density at radius 2 is 1.69 bits per heavy atom. The first-order valence-electron chi connectivity index (χ1n) is 9.56. The highest BCUT2D eigenvalue weighted by atomic mass is 16.6. The molecule has 0 heterocycles. The van der Waals surface area contributed by atoms with E-state index in [4.69, 9.17) is 9.47 Å². The monoisotopic (exact) mass is 400 g/mol. The Hall–Kier alpha value is -3.06. The second kappa shape index (κ2) is 10.5. The van der Waals surface area contributed by atoms with Crippen molar-refractivity contribution in [2.75, 3.05) is 30.4 Å². The molecular formula is C22H28N2O5. The normalized spacial score (nSPS) is 11.6. The lowest BCUT2D eigenvalue weighted by Gasteiger charge is -2.18. The first-order valence-corrected chi connectivity index (χ1v) is 9.56. The van der Waals surface area contributed by atoms with Gasteiger partial charge >= 0.3 is 11.9 Å². The number of carboxylic acid groups (broad SMARTS) is 1. The van der Waals surface area contributed by atoms with E-state index >= 15 is 0 Å². The highest BCUT2D eigenvalue weighted by Crippen LogP contribution is 2.29. The lowest BCUT2D eigenvalue weighted by atomic mass is 10.0. The van der Waals surface area contributed by atoms with Crippen LogP contribution in [0.5, 0.6) is 0 Å². The van der Waals surface area contributed by atoms with Crippen LogP contribution in [0.15, 0.2) is 36.4 Å². The number of hydrogen-bond acceptors (Lipinski definition) is 6. The molecule has 0 aliphatic rings. The Kier molecular flexibility index (Phi) is 8.03. The third kappa shape index (κ3) is 5.96. The summed E-state index contributed by atoms with van der Waals surface area (Å²) in [5, 5.41) is 15.9. The number of nitrogens with one attached hydrogen (secondary N) is 2. The number of anilines is 3. The van der Waals surface area contributed by atoms with Crippen molar-refractivity contribution >= 4 is 29.0 Å². The van der Waals surface area contributed by atoms with Gasteiger partial charge in [0.25, 0.3) is 0 Å². The Balaban J connectivity index is 1.99. The number of carboxylic acids is 1. The average molecular weight is 400 g/mol. The lowest BCUT2D eigenvalue weighted by molar-refractivity contribution is -0.155. The molecule has 0 saturated heterocycles. The van der Waals surface area contributed by atoms with Crippen LogP contribution >= 0.6 is 0 Å². The number of aromatic carboxylic acids is 1. The molecule has 2 aromatic rings. The molecule has 0 saturated carbocycles. The van der Waals surface area contributed by atoms with E-state index in [9.17, 15) is 14.7 Å². The van der Waals surface area contributed by atoms with Crippen LogP contribution in [0.3, 0.4) is 0 Å². The van der Waals surface area contributed by atoms with E-state index in [1.807, 2.05) is 26.0 Å². The SMILES string of the molecule is CCOC(=O)[C@H](C)OCCNc1ccc(Nc2ccccc2C(=O)O)c(C)c1C. The molecule has 0 aliphatic carbocycles. The minimum Gasteiger partial charge on any atom is -0.478 e. The second-order valence-electron chi connectivity index (χ2n) is 6.58. The lowest BCUT2D eigenvalue weighted by Crippen LogP contribution is -2.25. The third-order valence-electron chi connectivity index (χ3n) is 4.62. The predicted octanol–water partition coefficient (Wildman–Crippen LogP) is 4.13. The first kappa shape index (κ1) is 22.2. The van der Waals surface area contributed by atoms with Gasteiger partial charge in [0.2, 0.25) is 0 Å². The summed E-state index contributed by atoms with van der Waals surface area (Å²) in [4.78, 5) is 22.9. The molecule has 0 radical (unpaired) electrons. The van der Waals surface area contributed by atoms with Crippen LogP contribution in [0.2, 0.25) is 0 Å². The number of carbonyl (C=O) groups excluding carboxylic acids is 1. The Morgan fingerprint density at radius 1 is 1.03 bits per heavy atom. The van der Waals surface area contributed by atoms with Crippen LogP contribution in [0, 0.1) is 13.8 Å². The van der Waals surface area contributed by atoms with Gasteiger partial charge in [-0.05, 0) is 63.1 Å². The number of esters is 1. The first-order chi connectivity index (χ1) is 13.8. The van der Waals surface area contributed by atoms with Crippen LogP contribution in [-0.2, 0) is 14.3 Å². The summed E-state index contributed by atoms with van der Waals surface area (Å²) in [6.07, 6.45) is -0.597. The second-order valence-corrected chi connectivity index (χ2v) is 6.58. The predicted molar refractivity (Wildman–Crippen MR) is 113 cm³/mol. The van der Waals surface area contributed by atoms with Gasteiger partial charge in [0.05, 0.1) is 24.5 Å². The van der Waals surface area contributed by atoms with Gasteiger partial charge in [-0.15, -0.1) is 0 Å². The van der Waals surface area contributed by atoms with Crippen molar-refractivity contribution in [3.05, 3.63) is 53.1 Å². The maximum atomic E-state index is 11.5. The molecule has 29 heavy (non-hydrogen) atoms. The smallest absolute Gasteiger partial charge is 0.337 e. The molecule has 2 rings (SSSR count). The van der Waals surface area contributed by atoms with Crippen molar-refractivity contribution in [1.29, 1.82) is 0 Å². The Bertz CT molecular complexity index is 866. The van der Waals surface area contributed by atoms with Crippen molar-refractivity contribution in [3.63, 3.8) is 0 Å². The fraction of sp³-hybridized carbons (Fsp3) is 0.364. The summed E-state index contributed by atoms with van der Waals surface area (Å²) < 4.78 is 10.4. The minimum absolute atomic E-state index is 0.222. The molecule has 0 aliphatic heterocycles. The summed E-state index contributed by atoms with van der Waals surface area (Å²) in [6.45, 7) is 8.64. The van der Waals surface area contributed by atoms with E-state index in [1.54, 1.807) is 38.1 Å². The Labute approximate surface area is 171 Å². The Morgan fingerprint density at radius 3 is 2.38 bits per heavy atom. The molecule has 3 N–H and O–H groups in total. The van der Waals surface area contributed by atoms with Gasteiger partial charge in [0.15, 0.2) is 6.10 Å². The maximum absolute atomic E-state index is 11.5. The summed E-state index contributed by atoms with van der Waals surface area (Å²) in [7, 11) is 0. The van der Waals surface area contributed by atoms with Crippen LogP contribution in [0.4, 0.5) is 17.1 Å². The zero-order chi connectivity index (χ0) is 21.4. The molecule has 0 bridgehead atoms. The van der Waals surface area contributed by atoms with Crippen molar-refractivity contribution < 1.29 is 24.2 Å². The zero-order valence-electron chi connectivity index (χ0n) is 17.2. The quantitative estimate of drug-likeness (QED) is 0.408. The number of para-hydroxylation sites is 1. The van der Waals surface area contributed by atoms with Gasteiger partial charge in [0.1, 0.15) is 0 Å². The van der Waals surface area contributed by atoms with Crippen LogP contribution in [-0.4, -0.2) is 42.9 Å². The van der Waals surface area contributed by atoms with E-state index < -0.39 is 12.1 Å². The van der Waals surface area contributed by atoms with Gasteiger partial charge in [-0.3, -0.25) is 0 Å². The van der Waals surface area contributed by atoms with E-state index in [2.05, 4.69) is 10.6 Å². The molecular weight excluding hydrogens is 372 g/mol. The van der Waals surface area contributed by atoms with Crippen LogP contribution in [0.25, 0.3) is 0 Å². The number of hydrogen-bond donors (Lipinski definition) is 3. The maximum Gasteiger partial charge on any atom is 0.337 e. The molecule has 0 aromatic heterocycles. The fourth-order valence-corrected chi connectivity index (χ4v) is 2.82. The summed E-state index contributed by atoms with van der Waals surface area (Å²) >= 11 is 0. The van der Waals surface area contributed by atoms with Crippen molar-refractivity contribution in [2.24, 2.45) is 0 Å². The average Bonchev–Trinajstić information content (AvgIpc) is 2.70. The molecule has 0 fully saturated rings. The van der Waals surface area contributed by atoms with Crippen molar-refractivity contribution in [2.45, 2.75) is 33.8 Å². The largest absolute Gasteiger partial charge is 0.478 e. The molecule has 0 spiro atoms. The highest BCUT2D eigenvalue weighted by molar-refractivity contribution is 5.95. The van der Waals surface area contributed by atoms with Crippen LogP contribution < -0.4 is 10.6 Å². The number of rotatable bonds is 10. The van der Waals surface area contributed by atoms with Gasteiger partial charge < -0.3 is 25.2 Å². The van der Waals surface area contributed by atoms with Gasteiger partial charge in [0, 0.05) is 17.9 Å². The number of benzene rings is 2. The van der Waals surface area contributed by atoms with E-state index in [1.165, 1.54) is 0 Å². The van der Waals surface area contributed by atoms with E-state index in [-0.39, 0.29) is 11.5 Å². The summed E-state index contributed by atoms with van der Waals surface area (Å²) in [6, 6.07) is 10.6. The molecule has 7 heteroatoms. The van der Waals surface area contributed by atoms with Crippen molar-refractivity contribution in [3.8, 4) is 0 Å². The third-order valence-corrected chi connectivity index (χ3v) is 4.62. The van der Waals surface area contributed by atoms with Crippen molar-refractivity contribution in [1.82, 2.24) is 0 Å². The molecule has 2 aromatic carbocycles. The van der Waals surface area contributed by atoms with Gasteiger partial charge in [-0.1, -0.05) is 12.1 Å². The van der Waals surface area contributed by atoms with Crippen LogP contribution in [0.1, 0.15) is 35.3 Å². The molecule has 7 nitrogen and oxygen atoms in total. The van der Waals surface area contributed by atoms with E-state index in [0.717, 1.165) is 22.5 Å².